The van der Waals surface area contributed by atoms with Gasteiger partial charge < -0.3 is 5.32 Å². The number of aromatic nitrogens is 5. The lowest BCUT2D eigenvalue weighted by Crippen LogP contribution is -2.16. The molecule has 3 aromatic rings. The summed E-state index contributed by atoms with van der Waals surface area (Å²) in [6, 6.07) is 4.59. The first-order chi connectivity index (χ1) is 12.1. The van der Waals surface area contributed by atoms with Crippen molar-refractivity contribution in [3.8, 4) is 11.3 Å². The highest BCUT2D eigenvalue weighted by Crippen LogP contribution is 2.28. The van der Waals surface area contributed by atoms with Crippen LogP contribution in [0.25, 0.3) is 22.3 Å². The maximum atomic E-state index is 4.71. The van der Waals surface area contributed by atoms with Crippen LogP contribution >= 0.6 is 0 Å². The van der Waals surface area contributed by atoms with E-state index in [-0.39, 0.29) is 0 Å². The summed E-state index contributed by atoms with van der Waals surface area (Å²) in [5, 5.41) is 9.07. The molecule has 0 unspecified atom stereocenters. The van der Waals surface area contributed by atoms with Crippen LogP contribution < -0.4 is 5.32 Å². The van der Waals surface area contributed by atoms with E-state index in [9.17, 15) is 0 Å². The first kappa shape index (κ1) is 16.0. The lowest BCUT2D eigenvalue weighted by molar-refractivity contribution is 0.676. The molecule has 1 aliphatic carbocycles. The molecule has 0 amide bonds. The molecule has 3 heterocycles. The Morgan fingerprint density at radius 1 is 1.20 bits per heavy atom. The van der Waals surface area contributed by atoms with Gasteiger partial charge in [0.1, 0.15) is 0 Å². The van der Waals surface area contributed by atoms with Gasteiger partial charge >= 0.3 is 0 Å². The molecule has 6 nitrogen and oxygen atoms in total. The predicted octanol–water partition coefficient (Wildman–Crippen LogP) is 3.90. The van der Waals surface area contributed by atoms with Crippen molar-refractivity contribution in [1.82, 2.24) is 24.7 Å². The van der Waals surface area contributed by atoms with Gasteiger partial charge in [-0.05, 0) is 30.9 Å². The number of pyridine rings is 1. The van der Waals surface area contributed by atoms with Gasteiger partial charge in [-0.15, -0.1) is 0 Å². The number of nitrogens with one attached hydrogen (secondary N) is 1. The summed E-state index contributed by atoms with van der Waals surface area (Å²) in [4.78, 5) is 13.6. The minimum Gasteiger partial charge on any atom is -0.351 e. The normalized spacial score (nSPS) is 15.4. The van der Waals surface area contributed by atoms with Crippen molar-refractivity contribution in [3.63, 3.8) is 0 Å². The summed E-state index contributed by atoms with van der Waals surface area (Å²) in [5.74, 6) is 1.09. The van der Waals surface area contributed by atoms with Crippen LogP contribution in [0.3, 0.4) is 0 Å². The Kier molecular flexibility index (Phi) is 4.11. The van der Waals surface area contributed by atoms with Crippen molar-refractivity contribution in [3.05, 3.63) is 30.2 Å². The number of fused-ring (bicyclic) bond motifs is 1. The molecule has 6 heteroatoms. The van der Waals surface area contributed by atoms with Gasteiger partial charge in [0, 0.05) is 36.4 Å². The Hall–Kier alpha value is -2.50. The summed E-state index contributed by atoms with van der Waals surface area (Å²) in [6.07, 6.45) is 8.65. The van der Waals surface area contributed by atoms with E-state index in [0.717, 1.165) is 22.3 Å². The standard InChI is InChI=1S/C19H24N6/c1-12(2)17-15-10-13(11-21-18(15)24-25(17)3)16-8-9-20-19(23-16)22-14-6-4-5-7-14/h8-12,14H,4-7H2,1-3H3,(H,20,22,23). The fourth-order valence-electron chi connectivity index (χ4n) is 3.76. The molecule has 0 spiro atoms. The van der Waals surface area contributed by atoms with Crippen LogP contribution in [0.15, 0.2) is 24.5 Å². The molecule has 1 saturated carbocycles. The Balaban J connectivity index is 1.70. The van der Waals surface area contributed by atoms with Gasteiger partial charge in [0.15, 0.2) is 5.65 Å². The van der Waals surface area contributed by atoms with Crippen LogP contribution in [0.1, 0.15) is 51.1 Å². The zero-order valence-corrected chi connectivity index (χ0v) is 15.0. The summed E-state index contributed by atoms with van der Waals surface area (Å²) in [5.41, 5.74) is 3.87. The molecule has 0 radical (unpaired) electrons. The summed E-state index contributed by atoms with van der Waals surface area (Å²) >= 11 is 0. The van der Waals surface area contributed by atoms with Gasteiger partial charge in [-0.1, -0.05) is 26.7 Å². The molecule has 0 aliphatic heterocycles. The van der Waals surface area contributed by atoms with Crippen molar-refractivity contribution < 1.29 is 0 Å². The molecule has 0 saturated heterocycles. The quantitative estimate of drug-likeness (QED) is 0.782. The topological polar surface area (TPSA) is 68.5 Å². The average Bonchev–Trinajstić information content (AvgIpc) is 3.20. The van der Waals surface area contributed by atoms with Gasteiger partial charge in [-0.2, -0.15) is 5.10 Å². The van der Waals surface area contributed by atoms with E-state index in [2.05, 4.69) is 40.3 Å². The summed E-state index contributed by atoms with van der Waals surface area (Å²) in [6.45, 7) is 4.36. The van der Waals surface area contributed by atoms with Crippen LogP contribution in [-0.2, 0) is 7.05 Å². The fourth-order valence-corrected chi connectivity index (χ4v) is 3.76. The molecule has 25 heavy (non-hydrogen) atoms. The number of rotatable bonds is 4. The second-order valence-electron chi connectivity index (χ2n) is 7.15. The van der Waals surface area contributed by atoms with Gasteiger partial charge in [0.25, 0.3) is 0 Å². The molecule has 0 aromatic carbocycles. The third-order valence-corrected chi connectivity index (χ3v) is 4.92. The van der Waals surface area contributed by atoms with E-state index in [4.69, 9.17) is 4.98 Å². The fraction of sp³-hybridized carbons (Fsp3) is 0.474. The SMILES string of the molecule is CC(C)c1c2cc(-c3ccnc(NC4CCCC4)n3)cnc2nn1C. The van der Waals surface area contributed by atoms with Crippen molar-refractivity contribution in [1.29, 1.82) is 0 Å². The Labute approximate surface area is 147 Å². The van der Waals surface area contributed by atoms with E-state index in [1.165, 1.54) is 31.4 Å². The van der Waals surface area contributed by atoms with Crippen LogP contribution in [0.5, 0.6) is 0 Å². The lowest BCUT2D eigenvalue weighted by Gasteiger charge is -2.12. The molecule has 1 aliphatic rings. The van der Waals surface area contributed by atoms with Crippen LogP contribution in [0.4, 0.5) is 5.95 Å². The predicted molar refractivity (Wildman–Crippen MR) is 99.5 cm³/mol. The molecule has 1 fully saturated rings. The van der Waals surface area contributed by atoms with Crippen LogP contribution in [0, 0.1) is 0 Å². The van der Waals surface area contributed by atoms with E-state index < -0.39 is 0 Å². The number of anilines is 1. The Morgan fingerprint density at radius 2 is 2.00 bits per heavy atom. The van der Waals surface area contributed by atoms with E-state index in [0.29, 0.717) is 17.9 Å². The van der Waals surface area contributed by atoms with E-state index in [1.807, 2.05) is 30.2 Å². The van der Waals surface area contributed by atoms with E-state index in [1.54, 1.807) is 0 Å². The first-order valence-electron chi connectivity index (χ1n) is 9.04. The van der Waals surface area contributed by atoms with Crippen molar-refractivity contribution >= 4 is 17.0 Å². The van der Waals surface area contributed by atoms with Crippen molar-refractivity contribution in [2.45, 2.75) is 51.5 Å². The Morgan fingerprint density at radius 3 is 2.76 bits per heavy atom. The van der Waals surface area contributed by atoms with Gasteiger partial charge in [-0.25, -0.2) is 15.0 Å². The number of hydrogen-bond acceptors (Lipinski definition) is 5. The van der Waals surface area contributed by atoms with Gasteiger partial charge in [0.2, 0.25) is 5.95 Å². The molecule has 4 rings (SSSR count). The minimum atomic E-state index is 0.386. The van der Waals surface area contributed by atoms with Gasteiger partial charge in [-0.3, -0.25) is 4.68 Å². The highest BCUT2D eigenvalue weighted by Gasteiger charge is 2.17. The maximum absolute atomic E-state index is 4.71. The zero-order valence-electron chi connectivity index (χ0n) is 15.0. The molecular formula is C19H24N6. The highest BCUT2D eigenvalue weighted by molar-refractivity contribution is 5.83. The number of nitrogens with zero attached hydrogens (tertiary/aromatic N) is 5. The smallest absolute Gasteiger partial charge is 0.223 e. The molecule has 130 valence electrons. The molecular weight excluding hydrogens is 312 g/mol. The molecule has 0 bridgehead atoms. The molecule has 1 N–H and O–H groups in total. The summed E-state index contributed by atoms with van der Waals surface area (Å²) < 4.78 is 1.93. The van der Waals surface area contributed by atoms with Gasteiger partial charge in [0.05, 0.1) is 11.4 Å². The van der Waals surface area contributed by atoms with E-state index >= 15 is 0 Å². The molecule has 3 aromatic heterocycles. The minimum absolute atomic E-state index is 0.386. The lowest BCUT2D eigenvalue weighted by atomic mass is 10.1. The second kappa shape index (κ2) is 6.43. The third-order valence-electron chi connectivity index (χ3n) is 4.92. The zero-order chi connectivity index (χ0) is 17.4. The second-order valence-corrected chi connectivity index (χ2v) is 7.15. The van der Waals surface area contributed by atoms with Crippen LogP contribution in [-0.4, -0.2) is 30.8 Å². The monoisotopic (exact) mass is 336 g/mol. The molecule has 0 atom stereocenters. The maximum Gasteiger partial charge on any atom is 0.223 e. The number of aryl methyl sites for hydroxylation is 1. The number of hydrogen-bond donors (Lipinski definition) is 1. The highest BCUT2D eigenvalue weighted by atomic mass is 15.3. The van der Waals surface area contributed by atoms with Crippen LogP contribution in [0.2, 0.25) is 0 Å². The first-order valence-corrected chi connectivity index (χ1v) is 9.04. The van der Waals surface area contributed by atoms with Crippen molar-refractivity contribution in [2.75, 3.05) is 5.32 Å². The Bertz CT molecular complexity index is 892. The average molecular weight is 336 g/mol. The third kappa shape index (κ3) is 3.08. The van der Waals surface area contributed by atoms with Crippen molar-refractivity contribution in [2.24, 2.45) is 7.05 Å². The largest absolute Gasteiger partial charge is 0.351 e. The summed E-state index contributed by atoms with van der Waals surface area (Å²) in [7, 11) is 1.98.